The van der Waals surface area contributed by atoms with E-state index in [9.17, 15) is 13.6 Å². The number of nitrogens with zero attached hydrogens (tertiary/aromatic N) is 4. The van der Waals surface area contributed by atoms with Crippen LogP contribution in [0, 0.1) is 17.6 Å². The molecule has 1 aromatic heterocycles. The highest BCUT2D eigenvalue weighted by atomic mass is 19.1. The molecule has 1 aromatic carbocycles. The average molecular weight is 515 g/mol. The summed E-state index contributed by atoms with van der Waals surface area (Å²) in [6.07, 6.45) is 9.95. The van der Waals surface area contributed by atoms with Crippen LogP contribution in [0.5, 0.6) is 5.75 Å². The summed E-state index contributed by atoms with van der Waals surface area (Å²) in [7, 11) is 0. The number of hydrogen-bond acceptors (Lipinski definition) is 6. The summed E-state index contributed by atoms with van der Waals surface area (Å²) in [5.41, 5.74) is 1.39. The smallest absolute Gasteiger partial charge is 0.349 e. The van der Waals surface area contributed by atoms with Crippen molar-refractivity contribution >= 4 is 23.2 Å². The summed E-state index contributed by atoms with van der Waals surface area (Å²) in [4.78, 5) is 25.6. The molecule has 0 radical (unpaired) electrons. The molecular weight excluding hydrogens is 478 g/mol. The highest BCUT2D eigenvalue weighted by molar-refractivity contribution is 6.34. The minimum Gasteiger partial charge on any atom is -0.487 e. The van der Waals surface area contributed by atoms with Gasteiger partial charge in [0, 0.05) is 31.7 Å². The lowest BCUT2D eigenvalue weighted by atomic mass is 9.98. The van der Waals surface area contributed by atoms with Crippen molar-refractivity contribution in [2.24, 2.45) is 10.9 Å². The predicted octanol–water partition coefficient (Wildman–Crippen LogP) is 6.10. The van der Waals surface area contributed by atoms with Crippen LogP contribution >= 0.6 is 0 Å². The zero-order valence-electron chi connectivity index (χ0n) is 22.0. The number of halogens is 2. The summed E-state index contributed by atoms with van der Waals surface area (Å²) in [6, 6.07) is 2.24. The normalized spacial score (nSPS) is 14.6. The van der Waals surface area contributed by atoms with E-state index >= 15 is 0 Å². The number of rotatable bonds is 9. The van der Waals surface area contributed by atoms with E-state index in [4.69, 9.17) is 9.84 Å². The Balaban J connectivity index is 0.00000153. The Morgan fingerprint density at radius 3 is 2.24 bits per heavy atom. The number of allylic oxidation sites excluding steroid dienone is 2. The van der Waals surface area contributed by atoms with Crippen LogP contribution in [0.15, 0.2) is 48.4 Å². The molecule has 0 saturated carbocycles. The van der Waals surface area contributed by atoms with Crippen LogP contribution in [0.1, 0.15) is 58.1 Å². The first-order valence-electron chi connectivity index (χ1n) is 12.5. The molecule has 200 valence electrons. The quantitative estimate of drug-likeness (QED) is 0.321. The van der Waals surface area contributed by atoms with Crippen LogP contribution < -0.4 is 9.64 Å². The molecule has 0 atom stereocenters. The number of aliphatic imine (C=N–C) groups is 1. The van der Waals surface area contributed by atoms with Gasteiger partial charge in [0.15, 0.2) is 17.4 Å². The molecule has 37 heavy (non-hydrogen) atoms. The molecule has 0 amide bonds. The van der Waals surface area contributed by atoms with Gasteiger partial charge in [-0.05, 0) is 60.9 Å². The Labute approximate surface area is 217 Å². The van der Waals surface area contributed by atoms with E-state index in [0.717, 1.165) is 50.0 Å². The van der Waals surface area contributed by atoms with Crippen molar-refractivity contribution < 1.29 is 23.4 Å². The Morgan fingerprint density at radius 1 is 1.19 bits per heavy atom. The van der Waals surface area contributed by atoms with Crippen LogP contribution in [0.4, 0.5) is 14.7 Å². The summed E-state index contributed by atoms with van der Waals surface area (Å²) >= 11 is 0. The van der Waals surface area contributed by atoms with Crippen molar-refractivity contribution in [2.75, 3.05) is 24.6 Å². The number of carbonyl (C=O) groups is 1. The van der Waals surface area contributed by atoms with Crippen molar-refractivity contribution in [3.05, 3.63) is 66.1 Å². The van der Waals surface area contributed by atoms with E-state index in [-0.39, 0.29) is 29.4 Å². The lowest BCUT2D eigenvalue weighted by Gasteiger charge is -2.31. The van der Waals surface area contributed by atoms with Gasteiger partial charge in [0.1, 0.15) is 5.71 Å². The Hall–Kier alpha value is -3.62. The maximum atomic E-state index is 14.7. The van der Waals surface area contributed by atoms with Crippen LogP contribution in [0.3, 0.4) is 0 Å². The zero-order chi connectivity index (χ0) is 27.4. The van der Waals surface area contributed by atoms with E-state index in [1.165, 1.54) is 25.6 Å². The van der Waals surface area contributed by atoms with E-state index < -0.39 is 23.4 Å². The lowest BCUT2D eigenvalue weighted by molar-refractivity contribution is -0.129. The number of piperidine rings is 1. The number of benzene rings is 1. The number of anilines is 1. The highest BCUT2D eigenvalue weighted by Crippen LogP contribution is 2.29. The second kappa shape index (κ2) is 14.8. The van der Waals surface area contributed by atoms with Crippen molar-refractivity contribution in [1.29, 1.82) is 0 Å². The molecule has 1 saturated heterocycles. The minimum atomic E-state index is -1.19. The van der Waals surface area contributed by atoms with Gasteiger partial charge in [-0.15, -0.1) is 0 Å². The molecule has 1 aliphatic heterocycles. The molecule has 3 rings (SSSR count). The number of carboxylic acids is 1. The average Bonchev–Trinajstić information content (AvgIpc) is 2.89. The van der Waals surface area contributed by atoms with E-state index in [1.54, 1.807) is 0 Å². The molecule has 0 unspecified atom stereocenters. The van der Waals surface area contributed by atoms with Crippen LogP contribution in [0.2, 0.25) is 0 Å². The Morgan fingerprint density at radius 2 is 1.76 bits per heavy atom. The van der Waals surface area contributed by atoms with Gasteiger partial charge < -0.3 is 14.7 Å². The lowest BCUT2D eigenvalue weighted by Crippen LogP contribution is -2.36. The molecule has 0 bridgehead atoms. The first kappa shape index (κ1) is 29.6. The summed E-state index contributed by atoms with van der Waals surface area (Å²) in [5, 5.41) is 8.89. The molecule has 0 spiro atoms. The molecule has 2 heterocycles. The van der Waals surface area contributed by atoms with Crippen molar-refractivity contribution in [3.63, 3.8) is 0 Å². The van der Waals surface area contributed by atoms with Crippen LogP contribution in [-0.4, -0.2) is 46.5 Å². The highest BCUT2D eigenvalue weighted by Gasteiger charge is 2.23. The van der Waals surface area contributed by atoms with E-state index in [2.05, 4.69) is 47.2 Å². The third-order valence-corrected chi connectivity index (χ3v) is 5.72. The number of carboxylic acid groups (broad SMARTS) is 1. The van der Waals surface area contributed by atoms with Gasteiger partial charge in [-0.25, -0.2) is 23.5 Å². The SMILES string of the molecule is C=C/C(=C\N=C(C)C(=O)O)c1cc(F)c(OCC2CCN(c3ncc(CC)cn3)CC2)c(F)c1.CCC. The number of aryl methyl sites for hydroxylation is 1. The van der Waals surface area contributed by atoms with Crippen LogP contribution in [0.25, 0.3) is 5.57 Å². The van der Waals surface area contributed by atoms with E-state index in [1.807, 2.05) is 12.4 Å². The molecule has 2 aromatic rings. The third-order valence-electron chi connectivity index (χ3n) is 5.72. The fourth-order valence-corrected chi connectivity index (χ4v) is 3.53. The molecule has 9 heteroatoms. The number of hydrogen-bond donors (Lipinski definition) is 1. The standard InChI is InChI=1S/C25H28F2N4O3.C3H8/c1-4-17-12-29-25(30-13-17)31-8-6-18(7-9-31)15-34-23-21(26)10-20(11-22(23)27)19(5-2)14-28-16(3)24(32)33;1-3-2/h5,10-14,18H,2,4,6-9,15H2,1,3H3,(H,32,33);3H2,1-2H3/b19-14+,28-16?;. The predicted molar refractivity (Wildman–Crippen MR) is 143 cm³/mol. The van der Waals surface area contributed by atoms with Gasteiger partial charge in [0.05, 0.1) is 6.61 Å². The van der Waals surface area contributed by atoms with Crippen molar-refractivity contribution in [1.82, 2.24) is 9.97 Å². The molecule has 0 aliphatic carbocycles. The maximum absolute atomic E-state index is 14.7. The van der Waals surface area contributed by atoms with Crippen molar-refractivity contribution in [2.45, 2.75) is 53.4 Å². The second-order valence-electron chi connectivity index (χ2n) is 8.77. The van der Waals surface area contributed by atoms with Gasteiger partial charge >= 0.3 is 5.97 Å². The van der Waals surface area contributed by atoms with E-state index in [0.29, 0.717) is 5.95 Å². The summed E-state index contributed by atoms with van der Waals surface area (Å²) < 4.78 is 34.8. The molecule has 1 aliphatic rings. The minimum absolute atomic E-state index is 0.154. The topological polar surface area (TPSA) is 87.9 Å². The number of aromatic nitrogens is 2. The third kappa shape index (κ3) is 8.77. The number of aliphatic carboxylic acids is 1. The van der Waals surface area contributed by atoms with Gasteiger partial charge in [0.25, 0.3) is 0 Å². The van der Waals surface area contributed by atoms with Crippen molar-refractivity contribution in [3.8, 4) is 5.75 Å². The molecule has 1 fully saturated rings. The van der Waals surface area contributed by atoms with Gasteiger partial charge in [0.2, 0.25) is 5.95 Å². The van der Waals surface area contributed by atoms with Gasteiger partial charge in [-0.1, -0.05) is 39.8 Å². The fraction of sp³-hybridized carbons (Fsp3) is 0.429. The first-order valence-corrected chi connectivity index (χ1v) is 12.5. The Bertz CT molecular complexity index is 1090. The largest absolute Gasteiger partial charge is 0.487 e. The van der Waals surface area contributed by atoms with Gasteiger partial charge in [-0.3, -0.25) is 4.99 Å². The van der Waals surface area contributed by atoms with Gasteiger partial charge in [-0.2, -0.15) is 0 Å². The summed E-state index contributed by atoms with van der Waals surface area (Å²) in [5.74, 6) is -2.46. The fourth-order valence-electron chi connectivity index (χ4n) is 3.53. The molecular formula is C28H36F2N4O3. The summed E-state index contributed by atoms with van der Waals surface area (Å²) in [6.45, 7) is 12.9. The zero-order valence-corrected chi connectivity index (χ0v) is 22.0. The first-order chi connectivity index (χ1) is 17.7. The molecule has 7 nitrogen and oxygen atoms in total. The monoisotopic (exact) mass is 514 g/mol. The number of ether oxygens (including phenoxy) is 1. The maximum Gasteiger partial charge on any atom is 0.349 e. The Kier molecular flexibility index (Phi) is 11.9. The molecule has 1 N–H and O–H groups in total. The van der Waals surface area contributed by atoms with Crippen LogP contribution in [-0.2, 0) is 11.2 Å². The second-order valence-corrected chi connectivity index (χ2v) is 8.77.